The number of ether oxygens (including phenoxy) is 1. The molecule has 2 aromatic rings. The van der Waals surface area contributed by atoms with Gasteiger partial charge >= 0.3 is 0 Å². The highest BCUT2D eigenvalue weighted by atomic mass is 32.2. The van der Waals surface area contributed by atoms with E-state index in [1.807, 2.05) is 24.3 Å². The van der Waals surface area contributed by atoms with Gasteiger partial charge in [0, 0.05) is 17.8 Å². The Bertz CT molecular complexity index is 737. The maximum absolute atomic E-state index is 12.2. The molecule has 1 aromatic carbocycles. The third kappa shape index (κ3) is 5.35. The molecule has 1 fully saturated rings. The molecule has 0 unspecified atom stereocenters. The number of thioether (sulfide) groups is 1. The van der Waals surface area contributed by atoms with E-state index < -0.39 is 0 Å². The van der Waals surface area contributed by atoms with Crippen molar-refractivity contribution in [3.63, 3.8) is 0 Å². The van der Waals surface area contributed by atoms with Crippen LogP contribution in [0.4, 0.5) is 10.8 Å². The summed E-state index contributed by atoms with van der Waals surface area (Å²) in [5.41, 5.74) is 0.890. The highest BCUT2D eigenvalue weighted by Crippen LogP contribution is 2.29. The third-order valence-electron chi connectivity index (χ3n) is 4.51. The topological polar surface area (TPSA) is 76.1 Å². The zero-order valence-corrected chi connectivity index (χ0v) is 16.7. The smallest absolute Gasteiger partial charge is 0.230 e. The van der Waals surface area contributed by atoms with E-state index in [1.54, 1.807) is 7.11 Å². The minimum atomic E-state index is 0.0752. The number of carbonyl (C=O) groups is 1. The van der Waals surface area contributed by atoms with Crippen LogP contribution in [0.25, 0.3) is 0 Å². The predicted molar refractivity (Wildman–Crippen MR) is 106 cm³/mol. The highest BCUT2D eigenvalue weighted by Gasteiger charge is 2.22. The van der Waals surface area contributed by atoms with Gasteiger partial charge in [-0.25, -0.2) is 0 Å². The van der Waals surface area contributed by atoms with Gasteiger partial charge in [0.2, 0.25) is 11.0 Å². The quantitative estimate of drug-likeness (QED) is 0.692. The highest BCUT2D eigenvalue weighted by molar-refractivity contribution is 8.01. The van der Waals surface area contributed by atoms with Gasteiger partial charge in [0.1, 0.15) is 5.75 Å². The van der Waals surface area contributed by atoms with Crippen molar-refractivity contribution in [1.82, 2.24) is 15.5 Å². The summed E-state index contributed by atoms with van der Waals surface area (Å²) >= 11 is 2.86. The average molecular weight is 393 g/mol. The molecule has 1 aliphatic carbocycles. The zero-order valence-electron chi connectivity index (χ0n) is 15.0. The van der Waals surface area contributed by atoms with E-state index >= 15 is 0 Å². The molecular weight excluding hydrogens is 368 g/mol. The van der Waals surface area contributed by atoms with Crippen molar-refractivity contribution in [2.24, 2.45) is 5.92 Å². The molecule has 0 radical (unpaired) electrons. The van der Waals surface area contributed by atoms with E-state index in [2.05, 4.69) is 27.8 Å². The molecule has 8 heteroatoms. The molecule has 0 bridgehead atoms. The SMILES string of the molecule is COc1cccc(Nc2nnc(SCC(=O)N[C@H]3CCCC[C@@H]3C)s2)c1. The number of amides is 1. The van der Waals surface area contributed by atoms with Crippen LogP contribution in [0.1, 0.15) is 32.6 Å². The summed E-state index contributed by atoms with van der Waals surface area (Å²) < 4.78 is 5.99. The molecule has 2 N–H and O–H groups in total. The van der Waals surface area contributed by atoms with Gasteiger partial charge in [0.05, 0.1) is 12.9 Å². The molecule has 26 heavy (non-hydrogen) atoms. The minimum absolute atomic E-state index is 0.0752. The molecule has 2 atom stereocenters. The lowest BCUT2D eigenvalue weighted by Crippen LogP contribution is -2.41. The second-order valence-corrected chi connectivity index (χ2v) is 8.65. The standard InChI is InChI=1S/C18H24N4O2S2/c1-12-6-3-4-9-15(12)20-16(23)11-25-18-22-21-17(26-18)19-13-7-5-8-14(10-13)24-2/h5,7-8,10,12,15H,3-4,6,9,11H2,1-2H3,(H,19,21)(H,20,23)/t12-,15-/m0/s1. The van der Waals surface area contributed by atoms with Gasteiger partial charge in [-0.1, -0.05) is 48.9 Å². The van der Waals surface area contributed by atoms with Crippen molar-refractivity contribution < 1.29 is 9.53 Å². The molecule has 1 aromatic heterocycles. The number of nitrogens with zero attached hydrogens (tertiary/aromatic N) is 2. The maximum atomic E-state index is 12.2. The predicted octanol–water partition coefficient (Wildman–Crippen LogP) is 4.08. The second-order valence-electron chi connectivity index (χ2n) is 6.45. The van der Waals surface area contributed by atoms with Crippen molar-refractivity contribution in [3.05, 3.63) is 24.3 Å². The first kappa shape index (κ1) is 19.0. The Morgan fingerprint density at radius 3 is 3.00 bits per heavy atom. The molecule has 6 nitrogen and oxygen atoms in total. The molecular formula is C18H24N4O2S2. The van der Waals surface area contributed by atoms with E-state index in [9.17, 15) is 4.79 Å². The van der Waals surface area contributed by atoms with Crippen molar-refractivity contribution >= 4 is 39.8 Å². The molecule has 0 spiro atoms. The molecule has 1 aliphatic rings. The molecule has 1 saturated carbocycles. The van der Waals surface area contributed by atoms with E-state index in [4.69, 9.17) is 4.74 Å². The number of benzene rings is 1. The van der Waals surface area contributed by atoms with Crippen molar-refractivity contribution in [2.45, 2.75) is 43.0 Å². The van der Waals surface area contributed by atoms with Gasteiger partial charge in [0.25, 0.3) is 0 Å². The summed E-state index contributed by atoms with van der Waals surface area (Å²) in [6.45, 7) is 2.22. The lowest BCUT2D eigenvalue weighted by atomic mass is 9.86. The summed E-state index contributed by atoms with van der Waals surface area (Å²) in [4.78, 5) is 12.2. The average Bonchev–Trinajstić information content (AvgIpc) is 3.09. The Labute approximate surface area is 162 Å². The largest absolute Gasteiger partial charge is 0.497 e. The number of hydrogen-bond acceptors (Lipinski definition) is 7. The van der Waals surface area contributed by atoms with E-state index in [1.165, 1.54) is 42.4 Å². The first-order chi connectivity index (χ1) is 12.6. The first-order valence-electron chi connectivity index (χ1n) is 8.81. The maximum Gasteiger partial charge on any atom is 0.230 e. The van der Waals surface area contributed by atoms with Gasteiger partial charge in [0.15, 0.2) is 4.34 Å². The fourth-order valence-electron chi connectivity index (χ4n) is 3.05. The Hall–Kier alpha value is -1.80. The normalized spacial score (nSPS) is 19.8. The summed E-state index contributed by atoms with van der Waals surface area (Å²) in [5, 5.41) is 15.4. The Morgan fingerprint density at radius 1 is 1.35 bits per heavy atom. The lowest BCUT2D eigenvalue weighted by molar-refractivity contribution is -0.119. The molecule has 0 aliphatic heterocycles. The van der Waals surface area contributed by atoms with Crippen LogP contribution in [0, 0.1) is 5.92 Å². The minimum Gasteiger partial charge on any atom is -0.497 e. The number of rotatable bonds is 7. The Morgan fingerprint density at radius 2 is 2.19 bits per heavy atom. The number of methoxy groups -OCH3 is 1. The van der Waals surface area contributed by atoms with Gasteiger partial charge in [-0.2, -0.15) is 0 Å². The molecule has 140 valence electrons. The number of anilines is 2. The van der Waals surface area contributed by atoms with Crippen molar-refractivity contribution in [2.75, 3.05) is 18.2 Å². The van der Waals surface area contributed by atoms with Gasteiger partial charge in [-0.15, -0.1) is 10.2 Å². The van der Waals surface area contributed by atoms with Crippen LogP contribution in [0.2, 0.25) is 0 Å². The fourth-order valence-corrected chi connectivity index (χ4v) is 4.63. The second kappa shape index (κ2) is 9.23. The van der Waals surface area contributed by atoms with Crippen LogP contribution >= 0.6 is 23.1 Å². The van der Waals surface area contributed by atoms with Crippen LogP contribution in [0.5, 0.6) is 5.75 Å². The van der Waals surface area contributed by atoms with Crippen LogP contribution in [-0.2, 0) is 4.79 Å². The molecule has 1 heterocycles. The number of hydrogen-bond donors (Lipinski definition) is 2. The van der Waals surface area contributed by atoms with E-state index in [0.29, 0.717) is 22.8 Å². The van der Waals surface area contributed by atoms with Crippen LogP contribution in [-0.4, -0.2) is 35.0 Å². The monoisotopic (exact) mass is 392 g/mol. The van der Waals surface area contributed by atoms with Crippen LogP contribution < -0.4 is 15.4 Å². The number of aromatic nitrogens is 2. The van der Waals surface area contributed by atoms with Crippen molar-refractivity contribution in [1.29, 1.82) is 0 Å². The zero-order chi connectivity index (χ0) is 18.4. The van der Waals surface area contributed by atoms with Gasteiger partial charge in [-0.3, -0.25) is 4.79 Å². The van der Waals surface area contributed by atoms with Crippen LogP contribution in [0.3, 0.4) is 0 Å². The molecule has 1 amide bonds. The number of nitrogens with one attached hydrogen (secondary N) is 2. The molecule has 3 rings (SSSR count). The summed E-state index contributed by atoms with van der Waals surface area (Å²) in [6.07, 6.45) is 4.77. The molecule has 0 saturated heterocycles. The summed E-state index contributed by atoms with van der Waals surface area (Å²) in [7, 11) is 1.64. The van der Waals surface area contributed by atoms with Gasteiger partial charge < -0.3 is 15.4 Å². The summed E-state index contributed by atoms with van der Waals surface area (Å²) in [6, 6.07) is 7.95. The third-order valence-corrected chi connectivity index (χ3v) is 6.48. The Kier molecular flexibility index (Phi) is 6.73. The summed E-state index contributed by atoms with van der Waals surface area (Å²) in [5.74, 6) is 1.80. The van der Waals surface area contributed by atoms with Crippen molar-refractivity contribution in [3.8, 4) is 5.75 Å². The number of carbonyl (C=O) groups excluding carboxylic acids is 1. The van der Waals surface area contributed by atoms with E-state index in [0.717, 1.165) is 22.2 Å². The lowest BCUT2D eigenvalue weighted by Gasteiger charge is -2.29. The fraction of sp³-hybridized carbons (Fsp3) is 0.500. The van der Waals surface area contributed by atoms with Gasteiger partial charge in [-0.05, 0) is 30.9 Å². The Balaban J connectivity index is 1.48. The first-order valence-corrected chi connectivity index (χ1v) is 10.6. The van der Waals surface area contributed by atoms with E-state index in [-0.39, 0.29) is 5.91 Å². The van der Waals surface area contributed by atoms with Crippen LogP contribution in [0.15, 0.2) is 28.6 Å².